The van der Waals surface area contributed by atoms with E-state index in [2.05, 4.69) is 16.0 Å². The van der Waals surface area contributed by atoms with Crippen LogP contribution in [0, 0.1) is 0 Å². The van der Waals surface area contributed by atoms with E-state index in [0.29, 0.717) is 46.0 Å². The molecule has 78 heavy (non-hydrogen) atoms. The number of carbonyl (C=O) groups excluding carboxylic acids is 3. The molecule has 32 nitrogen and oxygen atoms in total. The van der Waals surface area contributed by atoms with E-state index in [1.165, 1.54) is 6.92 Å². The van der Waals surface area contributed by atoms with Gasteiger partial charge in [0.15, 0.2) is 18.9 Å². The minimum absolute atomic E-state index is 0.0501. The lowest BCUT2D eigenvalue weighted by atomic mass is 9.88. The lowest BCUT2D eigenvalue weighted by Crippen LogP contribution is -2.71. The van der Waals surface area contributed by atoms with Gasteiger partial charge in [0.25, 0.3) is 5.79 Å². The molecule has 3 amide bonds. The van der Waals surface area contributed by atoms with Crippen molar-refractivity contribution in [2.24, 2.45) is 0 Å². The number of aliphatic hydroxyl groups is 11. The fourth-order valence-corrected chi connectivity index (χ4v) is 8.71. The fourth-order valence-electron chi connectivity index (χ4n) is 8.71. The zero-order valence-corrected chi connectivity index (χ0v) is 43.9. The number of ether oxygens (including phenoxy) is 13. The number of carboxylic acids is 1. The third-order valence-corrected chi connectivity index (χ3v) is 12.8. The van der Waals surface area contributed by atoms with Gasteiger partial charge in [-0.2, -0.15) is 0 Å². The largest absolute Gasteiger partial charge is 0.477 e. The van der Waals surface area contributed by atoms with Crippen LogP contribution in [0.3, 0.4) is 0 Å². The Morgan fingerprint density at radius 1 is 0.615 bits per heavy atom. The summed E-state index contributed by atoms with van der Waals surface area (Å²) in [6.45, 7) is 4.76. The number of rotatable bonds is 34. The molecule has 0 radical (unpaired) electrons. The third kappa shape index (κ3) is 19.3. The van der Waals surface area contributed by atoms with E-state index in [-0.39, 0.29) is 45.5 Å². The van der Waals surface area contributed by atoms with Gasteiger partial charge in [0, 0.05) is 33.2 Å². The number of nitrogens with one attached hydrogen (secondary N) is 3. The maximum absolute atomic E-state index is 13.1. The highest BCUT2D eigenvalue weighted by atomic mass is 16.8. The first-order valence-electron chi connectivity index (χ1n) is 25.6. The topological polar surface area (TPSA) is 467 Å². The van der Waals surface area contributed by atoms with Gasteiger partial charge in [-0.3, -0.25) is 14.4 Å². The number of aliphatic hydroxyl groups excluding tert-OH is 11. The van der Waals surface area contributed by atoms with E-state index in [0.717, 1.165) is 13.8 Å². The van der Waals surface area contributed by atoms with Gasteiger partial charge in [-0.1, -0.05) is 6.92 Å². The lowest BCUT2D eigenvalue weighted by molar-refractivity contribution is -0.391. The first-order chi connectivity index (χ1) is 37.1. The zero-order valence-electron chi connectivity index (χ0n) is 43.9. The molecule has 0 aromatic carbocycles. The summed E-state index contributed by atoms with van der Waals surface area (Å²) in [6.07, 6.45) is -34.6. The highest BCUT2D eigenvalue weighted by Gasteiger charge is 2.61. The molecule has 0 bridgehead atoms. The summed E-state index contributed by atoms with van der Waals surface area (Å²) >= 11 is 0. The minimum atomic E-state index is -3.15. The molecule has 0 aromatic rings. The fraction of sp³-hybridized carbons (Fsp3) is 0.913. The summed E-state index contributed by atoms with van der Waals surface area (Å²) in [7, 11) is 0. The minimum Gasteiger partial charge on any atom is -0.477 e. The summed E-state index contributed by atoms with van der Waals surface area (Å²) < 4.78 is 74.8. The van der Waals surface area contributed by atoms with Crippen molar-refractivity contribution in [2.75, 3.05) is 99.0 Å². The Balaban J connectivity index is 1.46. The molecule has 4 saturated heterocycles. The molecule has 454 valence electrons. The maximum Gasteiger partial charge on any atom is 0.364 e. The van der Waals surface area contributed by atoms with E-state index in [9.17, 15) is 80.5 Å². The van der Waals surface area contributed by atoms with E-state index >= 15 is 0 Å². The summed E-state index contributed by atoms with van der Waals surface area (Å²) in [5.41, 5.74) is 0. The SMILES string of the molecule is CCC(=O)NCCOCCOCCOCCOCCOCCO[C@@H]1O[C@H](CO)[C@@H](O[C@@H]2O[C@H](CO)[C@H](O)[C@H](O[C@]3(C(=O)O)C[C@H](O)[C@@H](NC(C)=O)[C@H]([C@H](O)[C@H](O)CO)O3)[C@H]2O)[C@H](O[C@@H]2O[C@@H](C)[C@@H](O)[C@@H](O)[C@@H]2O)[C@H]1NC(C)=O. The number of carboxylic acid groups (broad SMARTS) is 1. The Kier molecular flexibility index (Phi) is 29.2. The van der Waals surface area contributed by atoms with Gasteiger partial charge in [-0.05, 0) is 6.92 Å². The van der Waals surface area contributed by atoms with Crippen molar-refractivity contribution >= 4 is 23.7 Å². The van der Waals surface area contributed by atoms with Gasteiger partial charge in [0.05, 0.1) is 111 Å². The zero-order chi connectivity index (χ0) is 57.7. The molecular weight excluding hydrogens is 1060 g/mol. The van der Waals surface area contributed by atoms with E-state index < -0.39 is 172 Å². The van der Waals surface area contributed by atoms with Crippen molar-refractivity contribution < 1.29 is 142 Å². The quantitative estimate of drug-likeness (QED) is 0.0266. The molecule has 4 aliphatic heterocycles. The second-order valence-electron chi connectivity index (χ2n) is 18.6. The molecule has 4 heterocycles. The third-order valence-electron chi connectivity index (χ3n) is 12.8. The molecule has 0 saturated carbocycles. The highest BCUT2D eigenvalue weighted by Crippen LogP contribution is 2.39. The van der Waals surface area contributed by atoms with Crippen molar-refractivity contribution in [3.8, 4) is 0 Å². The van der Waals surface area contributed by atoms with Crippen molar-refractivity contribution in [2.45, 2.75) is 169 Å². The van der Waals surface area contributed by atoms with Crippen LogP contribution in [0.2, 0.25) is 0 Å². The van der Waals surface area contributed by atoms with Crippen molar-refractivity contribution in [3.05, 3.63) is 0 Å². The van der Waals surface area contributed by atoms with Crippen molar-refractivity contribution in [1.29, 1.82) is 0 Å². The van der Waals surface area contributed by atoms with Crippen LogP contribution in [-0.4, -0.2) is 312 Å². The van der Waals surface area contributed by atoms with Crippen LogP contribution >= 0.6 is 0 Å². The Morgan fingerprint density at radius 2 is 1.13 bits per heavy atom. The molecule has 4 rings (SSSR count). The Labute approximate surface area is 448 Å². The van der Waals surface area contributed by atoms with E-state index in [1.807, 2.05) is 0 Å². The molecule has 21 atom stereocenters. The maximum atomic E-state index is 13.1. The van der Waals surface area contributed by atoms with E-state index in [1.54, 1.807) is 6.92 Å². The predicted molar refractivity (Wildman–Crippen MR) is 254 cm³/mol. The molecule has 0 unspecified atom stereocenters. The van der Waals surface area contributed by atoms with Crippen LogP contribution < -0.4 is 16.0 Å². The van der Waals surface area contributed by atoms with Gasteiger partial charge < -0.3 is 139 Å². The summed E-state index contributed by atoms with van der Waals surface area (Å²) in [4.78, 5) is 49.2. The second kappa shape index (κ2) is 33.7. The normalized spacial score (nSPS) is 36.1. The lowest BCUT2D eigenvalue weighted by Gasteiger charge is -2.51. The van der Waals surface area contributed by atoms with Crippen LogP contribution in [-0.2, 0) is 80.8 Å². The van der Waals surface area contributed by atoms with Crippen molar-refractivity contribution in [1.82, 2.24) is 16.0 Å². The predicted octanol–water partition coefficient (Wildman–Crippen LogP) is -8.59. The monoisotopic (exact) mass is 1140 g/mol. The van der Waals surface area contributed by atoms with E-state index in [4.69, 9.17) is 61.6 Å². The summed E-state index contributed by atoms with van der Waals surface area (Å²) in [5.74, 6) is -6.74. The van der Waals surface area contributed by atoms with Gasteiger partial charge >= 0.3 is 5.97 Å². The molecule has 0 spiro atoms. The summed E-state index contributed by atoms with van der Waals surface area (Å²) in [6, 6.07) is -3.13. The average Bonchev–Trinajstić information content (AvgIpc) is 3.45. The van der Waals surface area contributed by atoms with Crippen LogP contribution in [0.5, 0.6) is 0 Å². The van der Waals surface area contributed by atoms with Crippen LogP contribution in [0.15, 0.2) is 0 Å². The Bertz CT molecular complexity index is 1780. The molecule has 15 N–H and O–H groups in total. The second-order valence-corrected chi connectivity index (χ2v) is 18.6. The molecule has 4 fully saturated rings. The van der Waals surface area contributed by atoms with Gasteiger partial charge in [-0.25, -0.2) is 4.79 Å². The molecule has 0 aromatic heterocycles. The molecule has 32 heteroatoms. The first-order valence-corrected chi connectivity index (χ1v) is 25.6. The number of aliphatic carboxylic acids is 1. The smallest absolute Gasteiger partial charge is 0.364 e. The van der Waals surface area contributed by atoms with Crippen LogP contribution in [0.4, 0.5) is 0 Å². The van der Waals surface area contributed by atoms with Gasteiger partial charge in [-0.15, -0.1) is 0 Å². The Morgan fingerprint density at radius 3 is 1.65 bits per heavy atom. The number of hydrogen-bond donors (Lipinski definition) is 15. The van der Waals surface area contributed by atoms with Gasteiger partial charge in [0.1, 0.15) is 85.4 Å². The van der Waals surface area contributed by atoms with Crippen LogP contribution in [0.1, 0.15) is 40.5 Å². The highest BCUT2D eigenvalue weighted by molar-refractivity contribution is 5.77. The van der Waals surface area contributed by atoms with Crippen molar-refractivity contribution in [3.63, 3.8) is 0 Å². The number of amides is 3. The molecule has 4 aliphatic rings. The molecular formula is C46H81N3O29. The first kappa shape index (κ1) is 67.4. The summed E-state index contributed by atoms with van der Waals surface area (Å²) in [5, 5.41) is 137. The number of carbonyl (C=O) groups is 4. The van der Waals surface area contributed by atoms with Crippen LogP contribution in [0.25, 0.3) is 0 Å². The number of hydrogen-bond acceptors (Lipinski definition) is 28. The van der Waals surface area contributed by atoms with Gasteiger partial charge in [0.2, 0.25) is 17.7 Å². The average molecular weight is 1140 g/mol. The standard InChI is InChI=1S/C46H81N3O29/c1-5-29(57)47-6-7-66-8-9-67-10-11-68-12-13-69-14-15-70-16-17-71-42-31(49-24(4)54)40(76-43-36(62)35(61)32(58)22(2)72-43)38(28(21-52)74-42)75-44-37(63)41(34(60)27(20-51)73-44)78-46(45(64)65)18-25(55)30(48-23(3)53)39(77-46)33(59)26(56)19-50/h22,25-28,30-44,50-52,55-56,58-63H,5-21H2,1-4H3,(H,47,57)(H,48,53)(H,49,54)(H,64,65)/t22-,25-,26+,27+,28+,30+,31+,32+,33+,34-,35+,36-,37+,38+,39+,40+,41-,42+,43-,44-,46-/m0/s1. The Hall–Kier alpha value is -3.08. The molecule has 0 aliphatic carbocycles.